The second kappa shape index (κ2) is 10.1. The maximum absolute atomic E-state index is 11.9. The highest BCUT2D eigenvalue weighted by molar-refractivity contribution is 5.93. The van der Waals surface area contributed by atoms with Gasteiger partial charge in [-0.15, -0.1) is 0 Å². The van der Waals surface area contributed by atoms with Crippen LogP contribution in [0.3, 0.4) is 0 Å². The van der Waals surface area contributed by atoms with Crippen LogP contribution in [0.4, 0.5) is 0 Å². The predicted molar refractivity (Wildman–Crippen MR) is 130 cm³/mol. The normalized spacial score (nSPS) is 35.3. The van der Waals surface area contributed by atoms with Crippen molar-refractivity contribution in [2.24, 2.45) is 17.3 Å². The van der Waals surface area contributed by atoms with Crippen LogP contribution in [-0.4, -0.2) is 56.1 Å². The molecule has 0 spiro atoms. The Balaban J connectivity index is 1.08. The van der Waals surface area contributed by atoms with Gasteiger partial charge in [-0.1, -0.05) is 25.3 Å². The molecule has 4 nitrogen and oxygen atoms in total. The number of rotatable bonds is 8. The Bertz CT molecular complexity index is 751. The van der Waals surface area contributed by atoms with Crippen molar-refractivity contribution >= 4 is 5.78 Å². The lowest BCUT2D eigenvalue weighted by atomic mass is 9.57. The van der Waals surface area contributed by atoms with Gasteiger partial charge >= 0.3 is 0 Å². The average molecular weight is 441 g/mol. The van der Waals surface area contributed by atoms with Gasteiger partial charge < -0.3 is 15.0 Å². The van der Waals surface area contributed by atoms with Crippen LogP contribution in [0.25, 0.3) is 0 Å². The summed E-state index contributed by atoms with van der Waals surface area (Å²) in [6.07, 6.45) is 16.9. The lowest BCUT2D eigenvalue weighted by Crippen LogP contribution is -2.43. The number of carbonyl (C=O) groups excluding carboxylic acids is 1. The molecular weight excluding hydrogens is 396 g/mol. The first-order valence-corrected chi connectivity index (χ1v) is 13.7. The van der Waals surface area contributed by atoms with E-state index in [9.17, 15) is 4.79 Å². The molecule has 1 saturated heterocycles. The zero-order chi connectivity index (χ0) is 22.0. The van der Waals surface area contributed by atoms with Crippen molar-refractivity contribution in [1.29, 1.82) is 0 Å². The summed E-state index contributed by atoms with van der Waals surface area (Å²) >= 11 is 0. The minimum atomic E-state index is 0.349. The van der Waals surface area contributed by atoms with Crippen molar-refractivity contribution in [1.82, 2.24) is 10.2 Å². The molecule has 0 aromatic heterocycles. The van der Waals surface area contributed by atoms with E-state index in [1.807, 2.05) is 6.08 Å². The van der Waals surface area contributed by atoms with E-state index in [4.69, 9.17) is 4.74 Å². The van der Waals surface area contributed by atoms with Crippen molar-refractivity contribution in [3.63, 3.8) is 0 Å². The van der Waals surface area contributed by atoms with Crippen LogP contribution in [0.2, 0.25) is 0 Å². The Morgan fingerprint density at radius 2 is 1.88 bits per heavy atom. The van der Waals surface area contributed by atoms with Crippen LogP contribution in [0.1, 0.15) is 84.0 Å². The third kappa shape index (κ3) is 4.65. The van der Waals surface area contributed by atoms with E-state index in [-0.39, 0.29) is 0 Å². The first-order chi connectivity index (χ1) is 15.6. The standard InChI is InChI=1S/C28H44N2O2/c1-28-13-12-24-23-9-7-22(31)20-21(23)6-8-25(24)26(28)10-11-27(28)32-19-5-3-2-4-16-30-17-14-29-15-18-30/h20,25-27,29H,2-19H2,1H3/t25-,26+,27+,28+/m1/s1. The Hall–Kier alpha value is -0.970. The second-order valence-corrected chi connectivity index (χ2v) is 11.3. The number of hydrogen-bond acceptors (Lipinski definition) is 4. The maximum Gasteiger partial charge on any atom is 0.156 e. The number of ether oxygens (including phenoxy) is 1. The molecule has 4 aliphatic carbocycles. The van der Waals surface area contributed by atoms with Gasteiger partial charge in [0.05, 0.1) is 6.10 Å². The highest BCUT2D eigenvalue weighted by atomic mass is 16.5. The Labute approximate surface area is 195 Å². The van der Waals surface area contributed by atoms with Gasteiger partial charge in [-0.25, -0.2) is 0 Å². The van der Waals surface area contributed by atoms with Crippen molar-refractivity contribution in [3.05, 3.63) is 22.8 Å². The average Bonchev–Trinajstić information content (AvgIpc) is 3.15. The summed E-state index contributed by atoms with van der Waals surface area (Å²) in [7, 11) is 0. The van der Waals surface area contributed by atoms with Gasteiger partial charge in [0.15, 0.2) is 5.78 Å². The summed E-state index contributed by atoms with van der Waals surface area (Å²) in [6, 6.07) is 0. The van der Waals surface area contributed by atoms with Crippen LogP contribution in [0.15, 0.2) is 22.8 Å². The Morgan fingerprint density at radius 3 is 2.75 bits per heavy atom. The van der Waals surface area contributed by atoms with Crippen molar-refractivity contribution < 1.29 is 9.53 Å². The van der Waals surface area contributed by atoms with Gasteiger partial charge in [0.1, 0.15) is 0 Å². The van der Waals surface area contributed by atoms with E-state index < -0.39 is 0 Å². The molecule has 4 heteroatoms. The first-order valence-electron chi connectivity index (χ1n) is 13.7. The van der Waals surface area contributed by atoms with E-state index in [2.05, 4.69) is 17.1 Å². The minimum Gasteiger partial charge on any atom is -0.378 e. The number of ketones is 1. The Kier molecular flexibility index (Phi) is 7.21. The molecule has 3 fully saturated rings. The van der Waals surface area contributed by atoms with Crippen molar-refractivity contribution in [3.8, 4) is 0 Å². The molecule has 178 valence electrons. The SMILES string of the molecule is C[C@]12CCC3=C4CCC(=O)C=C4CC[C@H]3[C@@H]1CC[C@@H]2OCCCCCCN1CCNCC1. The fraction of sp³-hybridized carbons (Fsp3) is 0.821. The highest BCUT2D eigenvalue weighted by Gasteiger charge is 2.54. The molecule has 0 amide bonds. The topological polar surface area (TPSA) is 41.6 Å². The summed E-state index contributed by atoms with van der Waals surface area (Å²) in [5, 5.41) is 3.44. The summed E-state index contributed by atoms with van der Waals surface area (Å²) < 4.78 is 6.58. The summed E-state index contributed by atoms with van der Waals surface area (Å²) in [5.74, 6) is 1.90. The van der Waals surface area contributed by atoms with Crippen LogP contribution >= 0.6 is 0 Å². The molecular formula is C28H44N2O2. The number of nitrogens with zero attached hydrogens (tertiary/aromatic N) is 1. The molecule has 0 unspecified atom stereocenters. The van der Waals surface area contributed by atoms with E-state index in [1.165, 1.54) is 83.0 Å². The number of hydrogen-bond donors (Lipinski definition) is 1. The quantitative estimate of drug-likeness (QED) is 0.537. The molecule has 5 rings (SSSR count). The van der Waals surface area contributed by atoms with Crippen LogP contribution in [0.5, 0.6) is 0 Å². The first kappa shape index (κ1) is 22.8. The molecule has 0 radical (unpaired) electrons. The number of nitrogens with one attached hydrogen (secondary N) is 1. The van der Waals surface area contributed by atoms with E-state index >= 15 is 0 Å². The second-order valence-electron chi connectivity index (χ2n) is 11.3. The number of carbonyl (C=O) groups is 1. The lowest BCUT2D eigenvalue weighted by Gasteiger charge is -2.49. The molecule has 0 aromatic carbocycles. The zero-order valence-corrected chi connectivity index (χ0v) is 20.3. The lowest BCUT2D eigenvalue weighted by molar-refractivity contribution is -0.114. The highest BCUT2D eigenvalue weighted by Crippen LogP contribution is 2.60. The van der Waals surface area contributed by atoms with E-state index in [1.54, 1.807) is 11.1 Å². The van der Waals surface area contributed by atoms with E-state index in [0.717, 1.165) is 50.8 Å². The molecule has 4 atom stereocenters. The van der Waals surface area contributed by atoms with Crippen molar-refractivity contribution in [2.45, 2.75) is 90.1 Å². The van der Waals surface area contributed by atoms with Crippen molar-refractivity contribution in [2.75, 3.05) is 39.3 Å². The number of fused-ring (bicyclic) bond motifs is 4. The van der Waals surface area contributed by atoms with E-state index in [0.29, 0.717) is 17.3 Å². The van der Waals surface area contributed by atoms with Gasteiger partial charge in [0.25, 0.3) is 0 Å². The number of unbranched alkanes of at least 4 members (excludes halogenated alkanes) is 3. The maximum atomic E-state index is 11.9. The summed E-state index contributed by atoms with van der Waals surface area (Å²) in [6.45, 7) is 9.53. The smallest absolute Gasteiger partial charge is 0.156 e. The zero-order valence-electron chi connectivity index (χ0n) is 20.3. The molecule has 1 N–H and O–H groups in total. The number of piperazine rings is 1. The molecule has 0 bridgehead atoms. The van der Waals surface area contributed by atoms with Gasteiger partial charge in [-0.05, 0) is 98.8 Å². The molecule has 0 aromatic rings. The van der Waals surface area contributed by atoms with Crippen LogP contribution < -0.4 is 5.32 Å². The van der Waals surface area contributed by atoms with Crippen LogP contribution in [-0.2, 0) is 9.53 Å². The Morgan fingerprint density at radius 1 is 1.03 bits per heavy atom. The molecule has 32 heavy (non-hydrogen) atoms. The number of allylic oxidation sites excluding steroid dienone is 4. The largest absolute Gasteiger partial charge is 0.378 e. The molecule has 1 aliphatic heterocycles. The van der Waals surface area contributed by atoms with Gasteiger partial charge in [0, 0.05) is 39.2 Å². The van der Waals surface area contributed by atoms with Gasteiger partial charge in [-0.2, -0.15) is 0 Å². The fourth-order valence-corrected chi connectivity index (χ4v) is 7.71. The summed E-state index contributed by atoms with van der Waals surface area (Å²) in [4.78, 5) is 14.5. The molecule has 2 saturated carbocycles. The van der Waals surface area contributed by atoms with Gasteiger partial charge in [0.2, 0.25) is 0 Å². The van der Waals surface area contributed by atoms with Crippen LogP contribution in [0, 0.1) is 17.3 Å². The third-order valence-corrected chi connectivity index (χ3v) is 9.54. The predicted octanol–water partition coefficient (Wildman–Crippen LogP) is 5.04. The summed E-state index contributed by atoms with van der Waals surface area (Å²) in [5.41, 5.74) is 5.08. The molecule has 1 heterocycles. The minimum absolute atomic E-state index is 0.349. The third-order valence-electron chi connectivity index (χ3n) is 9.54. The monoisotopic (exact) mass is 440 g/mol. The van der Waals surface area contributed by atoms with Gasteiger partial charge in [-0.3, -0.25) is 4.79 Å². The fourth-order valence-electron chi connectivity index (χ4n) is 7.71. The molecule has 5 aliphatic rings.